The fourth-order valence-electron chi connectivity index (χ4n) is 2.19. The highest BCUT2D eigenvalue weighted by atomic mass is 16.2. The Bertz CT molecular complexity index is 405. The summed E-state index contributed by atoms with van der Waals surface area (Å²) in [6, 6.07) is -0.632. The van der Waals surface area contributed by atoms with E-state index in [0.717, 1.165) is 11.3 Å². The van der Waals surface area contributed by atoms with Crippen LogP contribution < -0.4 is 5.32 Å². The maximum atomic E-state index is 12.5. The van der Waals surface area contributed by atoms with Crippen molar-refractivity contribution in [3.8, 4) is 0 Å². The second kappa shape index (κ2) is 6.31. The van der Waals surface area contributed by atoms with Gasteiger partial charge in [-0.2, -0.15) is 0 Å². The number of barbiturate groups is 1. The fourth-order valence-corrected chi connectivity index (χ4v) is 2.19. The van der Waals surface area contributed by atoms with Crippen molar-refractivity contribution in [2.24, 2.45) is 5.41 Å². The van der Waals surface area contributed by atoms with E-state index in [9.17, 15) is 14.4 Å². The summed E-state index contributed by atoms with van der Waals surface area (Å²) < 4.78 is 0. The second-order valence-corrected chi connectivity index (χ2v) is 4.64. The van der Waals surface area contributed by atoms with E-state index in [0.29, 0.717) is 13.0 Å². The molecule has 1 rings (SSSR count). The predicted molar refractivity (Wildman–Crippen MR) is 72.2 cm³/mol. The number of unbranched alkanes of at least 4 members (excludes halogenated alkanes) is 1. The molecule has 1 saturated heterocycles. The number of amides is 4. The van der Waals surface area contributed by atoms with E-state index < -0.39 is 23.3 Å². The lowest BCUT2D eigenvalue weighted by Crippen LogP contribution is -2.63. The van der Waals surface area contributed by atoms with Crippen LogP contribution in [0.2, 0.25) is 0 Å². The first kappa shape index (κ1) is 15.1. The van der Waals surface area contributed by atoms with E-state index in [4.69, 9.17) is 0 Å². The summed E-state index contributed by atoms with van der Waals surface area (Å²) in [5.74, 6) is -1.01. The molecule has 0 spiro atoms. The van der Waals surface area contributed by atoms with Crippen LogP contribution in [0.25, 0.3) is 0 Å². The maximum absolute atomic E-state index is 12.5. The summed E-state index contributed by atoms with van der Waals surface area (Å²) in [7, 11) is 0. The number of hydrogen-bond donors (Lipinski definition) is 1. The first-order chi connectivity index (χ1) is 9.03. The van der Waals surface area contributed by atoms with Crippen LogP contribution in [0.3, 0.4) is 0 Å². The smallest absolute Gasteiger partial charge is 0.277 e. The van der Waals surface area contributed by atoms with Crippen LogP contribution in [0.1, 0.15) is 32.6 Å². The van der Waals surface area contributed by atoms with Gasteiger partial charge in [0.2, 0.25) is 11.8 Å². The highest BCUT2D eigenvalue weighted by Crippen LogP contribution is 2.33. The molecule has 1 heterocycles. The van der Waals surface area contributed by atoms with Gasteiger partial charge < -0.3 is 0 Å². The molecule has 4 amide bonds. The molecule has 0 aromatic heterocycles. The van der Waals surface area contributed by atoms with E-state index >= 15 is 0 Å². The van der Waals surface area contributed by atoms with Gasteiger partial charge in [0.15, 0.2) is 0 Å². The molecule has 0 radical (unpaired) electrons. The lowest BCUT2D eigenvalue weighted by Gasteiger charge is -2.38. The molecule has 1 aliphatic heterocycles. The Morgan fingerprint density at radius 2 is 1.79 bits per heavy atom. The van der Waals surface area contributed by atoms with Crippen LogP contribution >= 0.6 is 0 Å². The summed E-state index contributed by atoms with van der Waals surface area (Å²) in [6.07, 6.45) is 5.01. The Hall–Kier alpha value is -1.91. The van der Waals surface area contributed by atoms with Gasteiger partial charge in [-0.15, -0.1) is 13.2 Å². The lowest BCUT2D eigenvalue weighted by atomic mass is 9.77. The number of urea groups is 1. The molecule has 19 heavy (non-hydrogen) atoms. The van der Waals surface area contributed by atoms with E-state index in [1.54, 1.807) is 0 Å². The van der Waals surface area contributed by atoms with Crippen molar-refractivity contribution in [3.05, 3.63) is 25.3 Å². The number of nitrogens with one attached hydrogen (secondary N) is 1. The van der Waals surface area contributed by atoms with Gasteiger partial charge in [0.05, 0.1) is 0 Å². The molecule has 5 nitrogen and oxygen atoms in total. The van der Waals surface area contributed by atoms with Gasteiger partial charge in [-0.05, 0) is 19.3 Å². The first-order valence-electron chi connectivity index (χ1n) is 6.42. The SMILES string of the molecule is C=CCC1(CC=C)C(=O)NC(=O)N(CCCC)C1=O. The molecular formula is C14H20N2O3. The normalized spacial score (nSPS) is 18.2. The van der Waals surface area contributed by atoms with Crippen molar-refractivity contribution in [2.75, 3.05) is 6.54 Å². The van der Waals surface area contributed by atoms with Gasteiger partial charge in [0.1, 0.15) is 5.41 Å². The van der Waals surface area contributed by atoms with Crippen LogP contribution in [0.5, 0.6) is 0 Å². The van der Waals surface area contributed by atoms with Crippen molar-refractivity contribution in [1.82, 2.24) is 10.2 Å². The number of allylic oxidation sites excluding steroid dienone is 2. The minimum Gasteiger partial charge on any atom is -0.277 e. The van der Waals surface area contributed by atoms with Gasteiger partial charge in [0.25, 0.3) is 0 Å². The Labute approximate surface area is 113 Å². The summed E-state index contributed by atoms with van der Waals surface area (Å²) in [5, 5.41) is 2.26. The zero-order chi connectivity index (χ0) is 14.5. The van der Waals surface area contributed by atoms with Crippen LogP contribution in [0.4, 0.5) is 4.79 Å². The van der Waals surface area contributed by atoms with Crippen LogP contribution in [0.15, 0.2) is 25.3 Å². The van der Waals surface area contributed by atoms with Gasteiger partial charge in [0, 0.05) is 6.54 Å². The third kappa shape index (κ3) is 2.75. The highest BCUT2D eigenvalue weighted by molar-refractivity contribution is 6.19. The second-order valence-electron chi connectivity index (χ2n) is 4.64. The minimum atomic E-state index is -1.27. The molecule has 0 saturated carbocycles. The summed E-state index contributed by atoms with van der Waals surface area (Å²) >= 11 is 0. The molecule has 5 heteroatoms. The largest absolute Gasteiger partial charge is 0.330 e. The van der Waals surface area contributed by atoms with Crippen molar-refractivity contribution < 1.29 is 14.4 Å². The Morgan fingerprint density at radius 1 is 1.21 bits per heavy atom. The molecule has 0 atom stereocenters. The van der Waals surface area contributed by atoms with E-state index in [-0.39, 0.29) is 12.8 Å². The summed E-state index contributed by atoms with van der Waals surface area (Å²) in [6.45, 7) is 9.47. The zero-order valence-corrected chi connectivity index (χ0v) is 11.3. The molecule has 1 aliphatic rings. The molecule has 0 unspecified atom stereocenters. The van der Waals surface area contributed by atoms with Gasteiger partial charge >= 0.3 is 6.03 Å². The molecule has 1 N–H and O–H groups in total. The quantitative estimate of drug-likeness (QED) is 0.565. The van der Waals surface area contributed by atoms with Crippen LogP contribution in [0, 0.1) is 5.41 Å². The lowest BCUT2D eigenvalue weighted by molar-refractivity contribution is -0.151. The topological polar surface area (TPSA) is 66.5 Å². The molecule has 0 aliphatic carbocycles. The molecule has 0 aromatic rings. The number of imide groups is 2. The van der Waals surface area contributed by atoms with Crippen molar-refractivity contribution in [1.29, 1.82) is 0 Å². The molecule has 0 bridgehead atoms. The van der Waals surface area contributed by atoms with Gasteiger partial charge in [-0.1, -0.05) is 25.5 Å². The first-order valence-corrected chi connectivity index (χ1v) is 6.42. The summed E-state index contributed by atoms with van der Waals surface area (Å²) in [5.41, 5.74) is -1.27. The summed E-state index contributed by atoms with van der Waals surface area (Å²) in [4.78, 5) is 37.4. The maximum Gasteiger partial charge on any atom is 0.330 e. The van der Waals surface area contributed by atoms with Gasteiger partial charge in [-0.25, -0.2) is 4.79 Å². The van der Waals surface area contributed by atoms with Gasteiger partial charge in [-0.3, -0.25) is 19.8 Å². The standard InChI is InChI=1S/C14H20N2O3/c1-4-7-10-16-12(18)14(8-5-2,9-6-3)11(17)15-13(16)19/h5-6H,2-4,7-10H2,1H3,(H,15,17,19). The average molecular weight is 264 g/mol. The fraction of sp³-hybridized carbons (Fsp3) is 0.500. The number of carbonyl (C=O) groups is 3. The molecule has 104 valence electrons. The Balaban J connectivity index is 3.10. The van der Waals surface area contributed by atoms with Crippen molar-refractivity contribution in [2.45, 2.75) is 32.6 Å². The third-order valence-corrected chi connectivity index (χ3v) is 3.28. The van der Waals surface area contributed by atoms with E-state index in [1.807, 2.05) is 6.92 Å². The minimum absolute atomic E-state index is 0.194. The highest BCUT2D eigenvalue weighted by Gasteiger charge is 2.51. The number of carbonyl (C=O) groups excluding carboxylic acids is 3. The molecule has 0 aromatic carbocycles. The monoisotopic (exact) mass is 264 g/mol. The zero-order valence-electron chi connectivity index (χ0n) is 11.3. The molecule has 1 fully saturated rings. The van der Waals surface area contributed by atoms with Crippen LogP contribution in [-0.2, 0) is 9.59 Å². The predicted octanol–water partition coefficient (Wildman–Crippen LogP) is 2.00. The van der Waals surface area contributed by atoms with E-state index in [1.165, 1.54) is 12.2 Å². The number of rotatable bonds is 7. The van der Waals surface area contributed by atoms with E-state index in [2.05, 4.69) is 18.5 Å². The van der Waals surface area contributed by atoms with Crippen molar-refractivity contribution >= 4 is 17.8 Å². The van der Waals surface area contributed by atoms with Crippen LogP contribution in [-0.4, -0.2) is 29.3 Å². The Kier molecular flexibility index (Phi) is 5.03. The Morgan fingerprint density at radius 3 is 2.26 bits per heavy atom. The number of hydrogen-bond acceptors (Lipinski definition) is 3. The number of nitrogens with zero attached hydrogens (tertiary/aromatic N) is 1. The molecular weight excluding hydrogens is 244 g/mol. The average Bonchev–Trinajstić information content (AvgIpc) is 2.36. The third-order valence-electron chi connectivity index (χ3n) is 3.28. The van der Waals surface area contributed by atoms with Crippen molar-refractivity contribution in [3.63, 3.8) is 0 Å².